The normalized spacial score (nSPS) is 15.1. The molecule has 5 rings (SSSR count). The minimum atomic E-state index is -0.713. The van der Waals surface area contributed by atoms with E-state index in [2.05, 4.69) is 121 Å². The second-order valence-corrected chi connectivity index (χ2v) is 16.7. The van der Waals surface area contributed by atoms with Gasteiger partial charge < -0.3 is 10.4 Å². The Labute approximate surface area is 359 Å². The number of aliphatic carboxylic acids is 1. The average Bonchev–Trinajstić information content (AvgIpc) is 3.74. The monoisotopic (exact) mass is 817 g/mol. The molecule has 4 unspecified atom stereocenters. The van der Waals surface area contributed by atoms with Crippen molar-refractivity contribution in [1.29, 1.82) is 0 Å². The molecule has 60 heavy (non-hydrogen) atoms. The van der Waals surface area contributed by atoms with E-state index in [9.17, 15) is 9.59 Å². The van der Waals surface area contributed by atoms with E-state index in [1.165, 1.54) is 16.7 Å². The molecular weight excluding hydrogens is 747 g/mol. The molecule has 4 aromatic rings. The van der Waals surface area contributed by atoms with Gasteiger partial charge in [0.05, 0.1) is 6.21 Å². The second-order valence-electron chi connectivity index (χ2n) is 16.7. The minimum Gasteiger partial charge on any atom is -0.481 e. The number of unbranched alkanes of at least 4 members (excludes halogenated alkanes) is 7. The van der Waals surface area contributed by atoms with Crippen LogP contribution in [0.25, 0.3) is 0 Å². The summed E-state index contributed by atoms with van der Waals surface area (Å²) in [4.78, 5) is 36.8. The van der Waals surface area contributed by atoms with Crippen molar-refractivity contribution in [2.24, 2.45) is 4.99 Å². The fraction of sp³-hybridized carbons (Fsp3) is 0.520. The molecule has 4 atom stereocenters. The Hall–Kier alpha value is -5.12. The van der Waals surface area contributed by atoms with Crippen LogP contribution in [0.2, 0.25) is 0 Å². The van der Waals surface area contributed by atoms with E-state index in [-0.39, 0.29) is 18.5 Å². The molecule has 320 valence electrons. The molecule has 1 aliphatic heterocycles. The van der Waals surface area contributed by atoms with Gasteiger partial charge in [-0.1, -0.05) is 26.3 Å². The molecule has 0 aliphatic carbocycles. The number of pyridine rings is 4. The van der Waals surface area contributed by atoms with E-state index in [0.29, 0.717) is 24.2 Å². The average molecular weight is 817 g/mol. The fourth-order valence-electron chi connectivity index (χ4n) is 8.40. The van der Waals surface area contributed by atoms with E-state index in [1.807, 2.05) is 37.7 Å². The summed E-state index contributed by atoms with van der Waals surface area (Å²) in [5, 5.41) is 12.0. The summed E-state index contributed by atoms with van der Waals surface area (Å²) in [7, 11) is 0. The SMILES string of the molecule is CCC(CC(CC(C)c1cc[n+](CCCCCC(=O)O)cc1)c1ccncc1)c1cc[n+](CCCCCC(=O)NCCCCCC[N+]2=CC=NC2c2cccc(C)n2)cc1. The van der Waals surface area contributed by atoms with E-state index in [1.54, 1.807) is 0 Å². The van der Waals surface area contributed by atoms with E-state index in [0.717, 1.165) is 121 Å². The number of aromatic nitrogens is 4. The highest BCUT2D eigenvalue weighted by molar-refractivity contribution is 6.14. The van der Waals surface area contributed by atoms with Crippen molar-refractivity contribution in [2.45, 2.75) is 154 Å². The molecule has 0 radical (unpaired) electrons. The van der Waals surface area contributed by atoms with Crippen LogP contribution in [0.5, 0.6) is 0 Å². The van der Waals surface area contributed by atoms with E-state index < -0.39 is 5.97 Å². The van der Waals surface area contributed by atoms with Gasteiger partial charge in [0.25, 0.3) is 6.17 Å². The fourth-order valence-corrected chi connectivity index (χ4v) is 8.40. The van der Waals surface area contributed by atoms with E-state index >= 15 is 0 Å². The number of nitrogens with one attached hydrogen (secondary N) is 1. The number of aryl methyl sites for hydroxylation is 3. The highest BCUT2D eigenvalue weighted by atomic mass is 16.4. The molecule has 4 aromatic heterocycles. The Morgan fingerprint density at radius 1 is 0.717 bits per heavy atom. The number of carbonyl (C=O) groups is 2. The third kappa shape index (κ3) is 15.8. The van der Waals surface area contributed by atoms with Crippen LogP contribution in [0.15, 0.2) is 96.8 Å². The summed E-state index contributed by atoms with van der Waals surface area (Å²) in [5.74, 6) is 0.734. The first-order valence-corrected chi connectivity index (χ1v) is 22.7. The van der Waals surface area contributed by atoms with Crippen LogP contribution >= 0.6 is 0 Å². The highest BCUT2D eigenvalue weighted by Crippen LogP contribution is 2.38. The summed E-state index contributed by atoms with van der Waals surface area (Å²) >= 11 is 0. The number of aliphatic imine (C=N–C) groups is 1. The predicted molar refractivity (Wildman–Crippen MR) is 238 cm³/mol. The van der Waals surface area contributed by atoms with Gasteiger partial charge in [0, 0.05) is 81.0 Å². The molecule has 0 bridgehead atoms. The number of amides is 1. The quantitative estimate of drug-likeness (QED) is 0.0439. The summed E-state index contributed by atoms with van der Waals surface area (Å²) in [6.07, 6.45) is 30.7. The summed E-state index contributed by atoms with van der Waals surface area (Å²) in [6, 6.07) is 19.6. The predicted octanol–water partition coefficient (Wildman–Crippen LogP) is 8.97. The highest BCUT2D eigenvalue weighted by Gasteiger charge is 2.26. The molecular formula is C50H70N7O3+3. The lowest BCUT2D eigenvalue weighted by atomic mass is 9.79. The Bertz CT molecular complexity index is 1930. The van der Waals surface area contributed by atoms with Crippen LogP contribution in [0, 0.1) is 6.92 Å². The Kier molecular flexibility index (Phi) is 19.5. The van der Waals surface area contributed by atoms with Gasteiger partial charge in [-0.3, -0.25) is 14.6 Å². The zero-order valence-corrected chi connectivity index (χ0v) is 36.5. The van der Waals surface area contributed by atoms with Gasteiger partial charge in [0.2, 0.25) is 5.91 Å². The van der Waals surface area contributed by atoms with Crippen molar-refractivity contribution >= 4 is 24.3 Å². The van der Waals surface area contributed by atoms with Crippen LogP contribution in [-0.4, -0.2) is 57.0 Å². The molecule has 10 nitrogen and oxygen atoms in total. The molecule has 0 fully saturated rings. The van der Waals surface area contributed by atoms with E-state index in [4.69, 9.17) is 5.11 Å². The molecule has 1 amide bonds. The van der Waals surface area contributed by atoms with Crippen LogP contribution in [0.4, 0.5) is 0 Å². The van der Waals surface area contributed by atoms with Crippen molar-refractivity contribution in [3.63, 3.8) is 0 Å². The zero-order valence-electron chi connectivity index (χ0n) is 36.5. The lowest BCUT2D eigenvalue weighted by Gasteiger charge is -2.26. The third-order valence-corrected chi connectivity index (χ3v) is 12.0. The topological polar surface area (TPSA) is 115 Å². The Morgan fingerprint density at radius 3 is 2.00 bits per heavy atom. The molecule has 1 aliphatic rings. The number of hydrogen-bond donors (Lipinski definition) is 2. The smallest absolute Gasteiger partial charge is 0.303 e. The maximum Gasteiger partial charge on any atom is 0.303 e. The van der Waals surface area contributed by atoms with Gasteiger partial charge in [-0.05, 0) is 123 Å². The Morgan fingerprint density at radius 2 is 1.33 bits per heavy atom. The summed E-state index contributed by atoms with van der Waals surface area (Å²) in [6.45, 7) is 10.2. The Balaban J connectivity index is 0.964. The molecule has 10 heteroatoms. The van der Waals surface area contributed by atoms with Gasteiger partial charge in [-0.25, -0.2) is 23.7 Å². The maximum atomic E-state index is 12.5. The standard InChI is InChI=1S/C50H68N7O3/c1-4-42(39-46(44-20-27-51-28-21-44)38-40(2)43-22-33-55(34-23-43)31-13-8-10-19-49(59)60)45-24-35-56(36-25-45)30-12-7-9-18-48(58)52-26-11-5-6-14-32-57-37-29-53-50(57)47-17-15-16-41(3)54-47/h15-17,20-25,27-29,33-37,40,42,46,50H,4-14,18-19,26,30-32,38-39H2,1-3H3/q+1/p+2. The van der Waals surface area contributed by atoms with Crippen molar-refractivity contribution in [3.05, 3.63) is 120 Å². The van der Waals surface area contributed by atoms with Crippen LogP contribution in [0.1, 0.15) is 162 Å². The largest absolute Gasteiger partial charge is 0.481 e. The molecule has 0 saturated carbocycles. The van der Waals surface area contributed by atoms with Crippen molar-refractivity contribution in [2.75, 3.05) is 13.1 Å². The first-order chi connectivity index (χ1) is 29.3. The lowest BCUT2D eigenvalue weighted by Crippen LogP contribution is -2.32. The third-order valence-electron chi connectivity index (χ3n) is 12.0. The van der Waals surface area contributed by atoms with Crippen LogP contribution in [-0.2, 0) is 22.7 Å². The number of nitrogens with zero attached hydrogens (tertiary/aromatic N) is 6. The van der Waals surface area contributed by atoms with Crippen LogP contribution < -0.4 is 14.5 Å². The summed E-state index contributed by atoms with van der Waals surface area (Å²) < 4.78 is 6.76. The zero-order chi connectivity index (χ0) is 42.4. The first-order valence-electron chi connectivity index (χ1n) is 22.7. The number of hydrogen-bond acceptors (Lipinski definition) is 5. The molecule has 2 N–H and O–H groups in total. The molecule has 0 saturated heterocycles. The maximum absolute atomic E-state index is 12.5. The number of carboxylic acid groups (broad SMARTS) is 1. The first kappa shape index (κ1) is 46.0. The molecule has 5 heterocycles. The lowest BCUT2D eigenvalue weighted by molar-refractivity contribution is -0.697. The molecule has 0 spiro atoms. The van der Waals surface area contributed by atoms with Crippen molar-refractivity contribution < 1.29 is 28.4 Å². The van der Waals surface area contributed by atoms with Gasteiger partial charge >= 0.3 is 5.97 Å². The molecule has 0 aromatic carbocycles. The number of carbonyl (C=O) groups excluding carboxylic acids is 1. The van der Waals surface area contributed by atoms with Gasteiger partial charge in [0.1, 0.15) is 25.3 Å². The van der Waals surface area contributed by atoms with Gasteiger partial charge in [-0.2, -0.15) is 0 Å². The van der Waals surface area contributed by atoms with Gasteiger partial charge in [0.15, 0.2) is 31.0 Å². The number of rotatable bonds is 28. The second kappa shape index (κ2) is 25.5. The van der Waals surface area contributed by atoms with Crippen LogP contribution in [0.3, 0.4) is 0 Å². The number of carboxylic acids is 1. The van der Waals surface area contributed by atoms with Crippen molar-refractivity contribution in [1.82, 2.24) is 15.3 Å². The van der Waals surface area contributed by atoms with Crippen molar-refractivity contribution in [3.8, 4) is 0 Å². The van der Waals surface area contributed by atoms with Gasteiger partial charge in [-0.15, -0.1) is 0 Å². The minimum absolute atomic E-state index is 0.0106. The summed E-state index contributed by atoms with van der Waals surface area (Å²) in [5.41, 5.74) is 6.11.